The Morgan fingerprint density at radius 1 is 1.35 bits per heavy atom. The van der Waals surface area contributed by atoms with Gasteiger partial charge in [0.15, 0.2) is 0 Å². The maximum atomic E-state index is 10.2. The molecule has 0 saturated carbocycles. The lowest BCUT2D eigenvalue weighted by Gasteiger charge is -2.17. The molecule has 1 heterocycles. The highest BCUT2D eigenvalue weighted by atomic mass is 16.3. The predicted octanol–water partition coefficient (Wildman–Crippen LogP) is 3.54. The molecule has 1 aromatic heterocycles. The number of hydrogen-bond acceptors (Lipinski definition) is 2. The summed E-state index contributed by atoms with van der Waals surface area (Å²) in [5.74, 6) is 0.634. The highest BCUT2D eigenvalue weighted by Crippen LogP contribution is 2.26. The Hall–Kier alpha value is -0.830. The molecule has 0 fully saturated rings. The van der Waals surface area contributed by atoms with Crippen molar-refractivity contribution in [3.8, 4) is 0 Å². The Balaban J connectivity index is 2.48. The minimum Gasteiger partial charge on any atom is -0.388 e. The van der Waals surface area contributed by atoms with E-state index in [0.29, 0.717) is 5.92 Å². The van der Waals surface area contributed by atoms with E-state index in [2.05, 4.69) is 25.9 Å². The van der Waals surface area contributed by atoms with Gasteiger partial charge in [-0.15, -0.1) is 0 Å². The van der Waals surface area contributed by atoms with Crippen molar-refractivity contribution in [2.75, 3.05) is 0 Å². The van der Waals surface area contributed by atoms with Crippen LogP contribution in [0.15, 0.2) is 12.4 Å². The van der Waals surface area contributed by atoms with Crippen molar-refractivity contribution in [2.24, 2.45) is 5.92 Å². The normalized spacial score (nSPS) is 14.8. The van der Waals surface area contributed by atoms with Crippen molar-refractivity contribution in [3.63, 3.8) is 0 Å². The minimum absolute atomic E-state index is 0.350. The highest BCUT2D eigenvalue weighted by Gasteiger charge is 2.15. The van der Waals surface area contributed by atoms with Gasteiger partial charge in [0.05, 0.1) is 12.3 Å². The number of aliphatic hydroxyl groups excluding tert-OH is 1. The lowest BCUT2D eigenvalue weighted by molar-refractivity contribution is 0.139. The Morgan fingerprint density at radius 2 is 2.12 bits per heavy atom. The molecule has 3 nitrogen and oxygen atoms in total. The van der Waals surface area contributed by atoms with Crippen LogP contribution >= 0.6 is 0 Å². The summed E-state index contributed by atoms with van der Waals surface area (Å²) in [5, 5.41) is 14.4. The molecule has 1 rings (SSSR count). The zero-order valence-corrected chi connectivity index (χ0v) is 11.4. The van der Waals surface area contributed by atoms with E-state index in [0.717, 1.165) is 24.9 Å². The molecule has 1 N–H and O–H groups in total. The van der Waals surface area contributed by atoms with Crippen molar-refractivity contribution in [1.29, 1.82) is 0 Å². The third-order valence-corrected chi connectivity index (χ3v) is 3.46. The summed E-state index contributed by atoms with van der Waals surface area (Å²) >= 11 is 0. The van der Waals surface area contributed by atoms with Crippen LogP contribution in [-0.4, -0.2) is 14.9 Å². The number of unbranched alkanes of at least 4 members (excludes halogenated alkanes) is 1. The average molecular weight is 238 g/mol. The van der Waals surface area contributed by atoms with Gasteiger partial charge in [-0.3, -0.25) is 4.68 Å². The summed E-state index contributed by atoms with van der Waals surface area (Å²) in [6.45, 7) is 7.34. The number of rotatable bonds is 8. The Morgan fingerprint density at radius 3 is 2.65 bits per heavy atom. The Kier molecular flexibility index (Phi) is 6.27. The quantitative estimate of drug-likeness (QED) is 0.752. The number of aromatic nitrogens is 2. The second-order valence-corrected chi connectivity index (χ2v) is 4.80. The van der Waals surface area contributed by atoms with E-state index < -0.39 is 0 Å². The van der Waals surface area contributed by atoms with Crippen LogP contribution in [-0.2, 0) is 6.54 Å². The van der Waals surface area contributed by atoms with Crippen LogP contribution in [0.4, 0.5) is 0 Å². The zero-order chi connectivity index (χ0) is 12.7. The van der Waals surface area contributed by atoms with E-state index in [1.165, 1.54) is 19.3 Å². The number of hydrogen-bond donors (Lipinski definition) is 1. The second kappa shape index (κ2) is 7.49. The fourth-order valence-corrected chi connectivity index (χ4v) is 2.16. The fraction of sp³-hybridized carbons (Fsp3) is 0.786. The minimum atomic E-state index is -0.350. The SMILES string of the molecule is CCCCC(CC)CC(O)c1cnn(CC)c1. The summed E-state index contributed by atoms with van der Waals surface area (Å²) in [6.07, 6.45) is 9.14. The van der Waals surface area contributed by atoms with E-state index in [-0.39, 0.29) is 6.10 Å². The van der Waals surface area contributed by atoms with Gasteiger partial charge in [0.25, 0.3) is 0 Å². The Bertz CT molecular complexity index is 309. The molecule has 0 amide bonds. The van der Waals surface area contributed by atoms with Crippen molar-refractivity contribution < 1.29 is 5.11 Å². The third kappa shape index (κ3) is 4.50. The zero-order valence-electron chi connectivity index (χ0n) is 11.4. The van der Waals surface area contributed by atoms with Gasteiger partial charge in [-0.1, -0.05) is 39.5 Å². The molecule has 17 heavy (non-hydrogen) atoms. The van der Waals surface area contributed by atoms with Gasteiger partial charge in [-0.2, -0.15) is 5.10 Å². The number of aliphatic hydroxyl groups is 1. The maximum Gasteiger partial charge on any atom is 0.0823 e. The van der Waals surface area contributed by atoms with Crippen molar-refractivity contribution in [2.45, 2.75) is 65.5 Å². The maximum absolute atomic E-state index is 10.2. The topological polar surface area (TPSA) is 38.1 Å². The average Bonchev–Trinajstić information content (AvgIpc) is 2.83. The molecule has 0 radical (unpaired) electrons. The van der Waals surface area contributed by atoms with Gasteiger partial charge < -0.3 is 5.11 Å². The fourth-order valence-electron chi connectivity index (χ4n) is 2.16. The van der Waals surface area contributed by atoms with Gasteiger partial charge in [-0.25, -0.2) is 0 Å². The third-order valence-electron chi connectivity index (χ3n) is 3.46. The summed E-state index contributed by atoms with van der Waals surface area (Å²) in [7, 11) is 0. The van der Waals surface area contributed by atoms with Gasteiger partial charge in [0.2, 0.25) is 0 Å². The van der Waals surface area contributed by atoms with Gasteiger partial charge in [-0.05, 0) is 19.3 Å². The molecule has 3 heteroatoms. The van der Waals surface area contributed by atoms with Crippen LogP contribution in [0.25, 0.3) is 0 Å². The van der Waals surface area contributed by atoms with E-state index in [1.807, 2.05) is 10.9 Å². The van der Waals surface area contributed by atoms with Crippen molar-refractivity contribution in [3.05, 3.63) is 18.0 Å². The number of aryl methyl sites for hydroxylation is 1. The number of nitrogens with zero attached hydrogens (tertiary/aromatic N) is 2. The molecular formula is C14H26N2O. The second-order valence-electron chi connectivity index (χ2n) is 4.80. The molecule has 0 aliphatic heterocycles. The van der Waals surface area contributed by atoms with E-state index in [1.54, 1.807) is 6.20 Å². The first-order chi connectivity index (χ1) is 8.21. The lowest BCUT2D eigenvalue weighted by atomic mass is 9.91. The Labute approximate surface area is 105 Å². The molecule has 2 unspecified atom stereocenters. The first kappa shape index (κ1) is 14.2. The van der Waals surface area contributed by atoms with Gasteiger partial charge in [0, 0.05) is 18.3 Å². The molecule has 0 spiro atoms. The summed E-state index contributed by atoms with van der Waals surface area (Å²) in [4.78, 5) is 0. The molecule has 0 aliphatic carbocycles. The summed E-state index contributed by atoms with van der Waals surface area (Å²) in [5.41, 5.74) is 0.960. The molecule has 0 aromatic carbocycles. The van der Waals surface area contributed by atoms with E-state index in [9.17, 15) is 5.11 Å². The first-order valence-electron chi connectivity index (χ1n) is 6.91. The van der Waals surface area contributed by atoms with Crippen LogP contribution in [0.3, 0.4) is 0 Å². The molecule has 0 bridgehead atoms. The van der Waals surface area contributed by atoms with E-state index in [4.69, 9.17) is 0 Å². The largest absolute Gasteiger partial charge is 0.388 e. The predicted molar refractivity (Wildman–Crippen MR) is 70.8 cm³/mol. The standard InChI is InChI=1S/C14H26N2O/c1-4-7-8-12(5-2)9-14(17)13-10-15-16(6-3)11-13/h10-12,14,17H,4-9H2,1-3H3. The van der Waals surface area contributed by atoms with Crippen LogP contribution in [0, 0.1) is 5.92 Å². The molecule has 0 aliphatic rings. The molecular weight excluding hydrogens is 212 g/mol. The first-order valence-corrected chi connectivity index (χ1v) is 6.91. The van der Waals surface area contributed by atoms with Crippen LogP contribution in [0.2, 0.25) is 0 Å². The monoisotopic (exact) mass is 238 g/mol. The van der Waals surface area contributed by atoms with Gasteiger partial charge >= 0.3 is 0 Å². The molecule has 98 valence electrons. The van der Waals surface area contributed by atoms with Crippen molar-refractivity contribution in [1.82, 2.24) is 9.78 Å². The van der Waals surface area contributed by atoms with Crippen LogP contribution in [0.1, 0.15) is 64.5 Å². The summed E-state index contributed by atoms with van der Waals surface area (Å²) < 4.78 is 1.87. The molecule has 0 saturated heterocycles. The smallest absolute Gasteiger partial charge is 0.0823 e. The van der Waals surface area contributed by atoms with E-state index >= 15 is 0 Å². The highest BCUT2D eigenvalue weighted by molar-refractivity contribution is 5.07. The lowest BCUT2D eigenvalue weighted by Crippen LogP contribution is -2.06. The van der Waals surface area contributed by atoms with Crippen LogP contribution < -0.4 is 0 Å². The van der Waals surface area contributed by atoms with Gasteiger partial charge in [0.1, 0.15) is 0 Å². The van der Waals surface area contributed by atoms with Crippen LogP contribution in [0.5, 0.6) is 0 Å². The van der Waals surface area contributed by atoms with Crippen molar-refractivity contribution >= 4 is 0 Å². The molecule has 1 aromatic rings. The summed E-state index contributed by atoms with van der Waals surface area (Å²) in [6, 6.07) is 0. The molecule has 2 atom stereocenters.